The van der Waals surface area contributed by atoms with Gasteiger partial charge in [0.05, 0.1) is 18.6 Å². The van der Waals surface area contributed by atoms with E-state index in [0.29, 0.717) is 31.9 Å². The Labute approximate surface area is 167 Å². The van der Waals surface area contributed by atoms with Gasteiger partial charge in [-0.1, -0.05) is 32.4 Å². The third-order valence-electron chi connectivity index (χ3n) is 6.15. The highest BCUT2D eigenvalue weighted by Crippen LogP contribution is 2.47. The van der Waals surface area contributed by atoms with Crippen LogP contribution in [-0.4, -0.2) is 54.0 Å². The van der Waals surface area contributed by atoms with Crippen molar-refractivity contribution in [1.82, 2.24) is 9.80 Å². The SMILES string of the molecule is CCOC(=O)[C@@]12CC=CCN(C(=O)c3ccc(CN(CC)CC)o3)[C@@H]1CCC2. The first-order valence-corrected chi connectivity index (χ1v) is 10.5. The normalized spacial score (nSPS) is 24.3. The van der Waals surface area contributed by atoms with Gasteiger partial charge in [-0.15, -0.1) is 0 Å². The lowest BCUT2D eigenvalue weighted by molar-refractivity contribution is -0.157. The second-order valence-electron chi connectivity index (χ2n) is 7.65. The summed E-state index contributed by atoms with van der Waals surface area (Å²) in [5.41, 5.74) is -0.630. The molecule has 6 nitrogen and oxygen atoms in total. The van der Waals surface area contributed by atoms with Crippen LogP contribution in [0.15, 0.2) is 28.7 Å². The minimum Gasteiger partial charge on any atom is -0.465 e. The van der Waals surface area contributed by atoms with Gasteiger partial charge >= 0.3 is 5.97 Å². The molecular weight excluding hydrogens is 356 g/mol. The monoisotopic (exact) mass is 388 g/mol. The highest BCUT2D eigenvalue weighted by Gasteiger charge is 2.53. The largest absolute Gasteiger partial charge is 0.465 e. The minimum absolute atomic E-state index is 0.141. The maximum atomic E-state index is 13.3. The van der Waals surface area contributed by atoms with E-state index in [1.54, 1.807) is 6.07 Å². The van der Waals surface area contributed by atoms with Crippen LogP contribution in [-0.2, 0) is 16.1 Å². The Bertz CT molecular complexity index is 722. The van der Waals surface area contributed by atoms with Crippen molar-refractivity contribution in [2.45, 2.75) is 59.0 Å². The number of allylic oxidation sites excluding steroid dienone is 1. The van der Waals surface area contributed by atoms with Gasteiger partial charge in [0, 0.05) is 12.6 Å². The van der Waals surface area contributed by atoms with Gasteiger partial charge in [-0.05, 0) is 51.4 Å². The van der Waals surface area contributed by atoms with Gasteiger partial charge in [-0.2, -0.15) is 0 Å². The molecule has 0 spiro atoms. The summed E-state index contributed by atoms with van der Waals surface area (Å²) in [5, 5.41) is 0. The maximum absolute atomic E-state index is 13.3. The lowest BCUT2D eigenvalue weighted by Crippen LogP contribution is -2.50. The molecule has 2 atom stereocenters. The van der Waals surface area contributed by atoms with Crippen LogP contribution in [0, 0.1) is 5.41 Å². The summed E-state index contributed by atoms with van der Waals surface area (Å²) in [7, 11) is 0. The molecule has 6 heteroatoms. The summed E-state index contributed by atoms with van der Waals surface area (Å²) in [4.78, 5) is 30.2. The number of furan rings is 1. The van der Waals surface area contributed by atoms with Crippen molar-refractivity contribution in [1.29, 1.82) is 0 Å². The van der Waals surface area contributed by atoms with Crippen LogP contribution in [0.4, 0.5) is 0 Å². The topological polar surface area (TPSA) is 63.0 Å². The molecule has 0 radical (unpaired) electrons. The zero-order chi connectivity index (χ0) is 20.1. The first-order valence-electron chi connectivity index (χ1n) is 10.5. The van der Waals surface area contributed by atoms with Crippen LogP contribution in [0.1, 0.15) is 62.8 Å². The number of ether oxygens (including phenoxy) is 1. The van der Waals surface area contributed by atoms with E-state index < -0.39 is 5.41 Å². The highest BCUT2D eigenvalue weighted by atomic mass is 16.5. The van der Waals surface area contributed by atoms with E-state index in [1.165, 1.54) is 0 Å². The fourth-order valence-corrected chi connectivity index (χ4v) is 4.56. The second-order valence-corrected chi connectivity index (χ2v) is 7.65. The van der Waals surface area contributed by atoms with Crippen molar-refractivity contribution in [3.05, 3.63) is 35.8 Å². The standard InChI is InChI=1S/C22H32N2O4/c1-4-23(5-2)16-17-11-12-18(28-17)20(25)24-15-8-7-13-22(21(26)27-6-3)14-9-10-19(22)24/h7-8,11-12,19H,4-6,9-10,13-16H2,1-3H3/t19-,22-/m1/s1. The van der Waals surface area contributed by atoms with Crippen molar-refractivity contribution in [3.8, 4) is 0 Å². The van der Waals surface area contributed by atoms with Crippen LogP contribution < -0.4 is 0 Å². The van der Waals surface area contributed by atoms with Gasteiger partial charge in [-0.3, -0.25) is 14.5 Å². The van der Waals surface area contributed by atoms with Crippen molar-refractivity contribution >= 4 is 11.9 Å². The maximum Gasteiger partial charge on any atom is 0.314 e. The molecule has 0 saturated heterocycles. The predicted molar refractivity (Wildman–Crippen MR) is 107 cm³/mol. The number of nitrogens with zero attached hydrogens (tertiary/aromatic N) is 2. The average molecular weight is 389 g/mol. The number of fused-ring (bicyclic) bond motifs is 1. The summed E-state index contributed by atoms with van der Waals surface area (Å²) in [6, 6.07) is 3.49. The van der Waals surface area contributed by atoms with Crippen LogP contribution in [0.5, 0.6) is 0 Å². The zero-order valence-corrected chi connectivity index (χ0v) is 17.3. The molecular formula is C22H32N2O4. The van der Waals surface area contributed by atoms with E-state index in [2.05, 4.69) is 18.7 Å². The molecule has 1 aromatic heterocycles. The number of rotatable bonds is 7. The van der Waals surface area contributed by atoms with Gasteiger partial charge in [0.2, 0.25) is 0 Å². The fraction of sp³-hybridized carbons (Fsp3) is 0.636. The van der Waals surface area contributed by atoms with E-state index in [9.17, 15) is 9.59 Å². The Balaban J connectivity index is 1.82. The molecule has 1 aliphatic carbocycles. The molecule has 1 amide bonds. The summed E-state index contributed by atoms with van der Waals surface area (Å²) in [5.74, 6) is 0.823. The summed E-state index contributed by atoms with van der Waals surface area (Å²) in [6.07, 6.45) is 7.14. The van der Waals surface area contributed by atoms with E-state index in [1.807, 2.05) is 30.0 Å². The van der Waals surface area contributed by atoms with Gasteiger partial charge in [0.1, 0.15) is 5.76 Å². The molecule has 3 rings (SSSR count). The van der Waals surface area contributed by atoms with Gasteiger partial charge < -0.3 is 14.1 Å². The third-order valence-corrected chi connectivity index (χ3v) is 6.15. The number of hydrogen-bond donors (Lipinski definition) is 0. The van der Waals surface area contributed by atoms with Crippen molar-refractivity contribution in [3.63, 3.8) is 0 Å². The lowest BCUT2D eigenvalue weighted by Gasteiger charge is -2.37. The fourth-order valence-electron chi connectivity index (χ4n) is 4.56. The Morgan fingerprint density at radius 1 is 1.25 bits per heavy atom. The Morgan fingerprint density at radius 2 is 2.04 bits per heavy atom. The van der Waals surface area contributed by atoms with Crippen molar-refractivity contribution < 1.29 is 18.7 Å². The third kappa shape index (κ3) is 3.88. The zero-order valence-electron chi connectivity index (χ0n) is 17.3. The molecule has 1 saturated carbocycles. The Hall–Kier alpha value is -2.08. The molecule has 1 fully saturated rings. The molecule has 2 heterocycles. The van der Waals surface area contributed by atoms with Crippen LogP contribution >= 0.6 is 0 Å². The average Bonchev–Trinajstić information content (AvgIpc) is 3.30. The summed E-state index contributed by atoms with van der Waals surface area (Å²) < 4.78 is 11.3. The number of esters is 1. The summed E-state index contributed by atoms with van der Waals surface area (Å²) >= 11 is 0. The predicted octanol–water partition coefficient (Wildman–Crippen LogP) is 3.63. The van der Waals surface area contributed by atoms with Crippen LogP contribution in [0.2, 0.25) is 0 Å². The number of carbonyl (C=O) groups is 2. The van der Waals surface area contributed by atoms with Crippen LogP contribution in [0.25, 0.3) is 0 Å². The van der Waals surface area contributed by atoms with Gasteiger partial charge in [0.25, 0.3) is 5.91 Å². The van der Waals surface area contributed by atoms with Crippen molar-refractivity contribution in [2.75, 3.05) is 26.2 Å². The Kier molecular flexibility index (Phi) is 6.60. The van der Waals surface area contributed by atoms with E-state index >= 15 is 0 Å². The molecule has 154 valence electrons. The molecule has 28 heavy (non-hydrogen) atoms. The van der Waals surface area contributed by atoms with Crippen LogP contribution in [0.3, 0.4) is 0 Å². The molecule has 0 aromatic carbocycles. The molecule has 0 unspecified atom stereocenters. The quantitative estimate of drug-likeness (QED) is 0.527. The minimum atomic E-state index is -0.630. The first-order chi connectivity index (χ1) is 13.6. The van der Waals surface area contributed by atoms with Crippen molar-refractivity contribution in [2.24, 2.45) is 5.41 Å². The first kappa shape index (κ1) is 20.6. The smallest absolute Gasteiger partial charge is 0.314 e. The number of carbonyl (C=O) groups excluding carboxylic acids is 2. The van der Waals surface area contributed by atoms with E-state index in [0.717, 1.165) is 38.1 Å². The lowest BCUT2D eigenvalue weighted by atomic mass is 9.79. The van der Waals surface area contributed by atoms with Gasteiger partial charge in [0.15, 0.2) is 5.76 Å². The molecule has 1 aromatic rings. The molecule has 0 N–H and O–H groups in total. The second kappa shape index (κ2) is 8.95. The molecule has 1 aliphatic heterocycles. The Morgan fingerprint density at radius 3 is 2.75 bits per heavy atom. The summed E-state index contributed by atoms with van der Waals surface area (Å²) in [6.45, 7) is 9.45. The van der Waals surface area contributed by atoms with E-state index in [4.69, 9.17) is 9.15 Å². The number of hydrogen-bond acceptors (Lipinski definition) is 5. The molecule has 2 aliphatic rings. The van der Waals surface area contributed by atoms with E-state index in [-0.39, 0.29) is 17.9 Å². The van der Waals surface area contributed by atoms with Gasteiger partial charge in [-0.25, -0.2) is 0 Å². The highest BCUT2D eigenvalue weighted by molar-refractivity contribution is 5.93. The number of amides is 1. The molecule has 0 bridgehead atoms.